The van der Waals surface area contributed by atoms with E-state index in [2.05, 4.69) is 12.1 Å². The second kappa shape index (κ2) is 7.35. The molecule has 0 N–H and O–H groups in total. The summed E-state index contributed by atoms with van der Waals surface area (Å²) in [6.07, 6.45) is 2.04. The first-order valence-corrected chi connectivity index (χ1v) is 10.8. The molecular formula is C23H25BO4S. The molecule has 0 atom stereocenters. The van der Waals surface area contributed by atoms with E-state index in [9.17, 15) is 4.79 Å². The summed E-state index contributed by atoms with van der Waals surface area (Å²) in [5, 5.41) is 2.23. The van der Waals surface area contributed by atoms with Gasteiger partial charge < -0.3 is 13.7 Å². The van der Waals surface area contributed by atoms with Crippen LogP contribution < -0.4 is 0 Å². The van der Waals surface area contributed by atoms with Gasteiger partial charge in [0.1, 0.15) is 11.2 Å². The second-order valence-electron chi connectivity index (χ2n) is 8.41. The molecular weight excluding hydrogens is 383 g/mol. The average molecular weight is 408 g/mol. The van der Waals surface area contributed by atoms with Gasteiger partial charge in [-0.05, 0) is 39.2 Å². The highest BCUT2D eigenvalue weighted by atomic mass is 32.2. The van der Waals surface area contributed by atoms with Crippen molar-refractivity contribution in [1.82, 2.24) is 0 Å². The summed E-state index contributed by atoms with van der Waals surface area (Å²) in [5.74, 6) is 0.503. The Morgan fingerprint density at radius 3 is 2.34 bits per heavy atom. The SMILES string of the molecule is CC(=O)SCC(=Cc1cccc2c1oc1ccccc12)B1OC(C)(C)C(C)(C)O1. The van der Waals surface area contributed by atoms with Crippen molar-refractivity contribution in [2.75, 3.05) is 5.75 Å². The number of fused-ring (bicyclic) bond motifs is 3. The van der Waals surface area contributed by atoms with Crippen LogP contribution in [0.25, 0.3) is 28.0 Å². The van der Waals surface area contributed by atoms with E-state index in [1.54, 1.807) is 6.92 Å². The fraction of sp³-hybridized carbons (Fsp3) is 0.348. The van der Waals surface area contributed by atoms with Crippen LogP contribution in [0.1, 0.15) is 40.2 Å². The molecule has 0 aliphatic carbocycles. The van der Waals surface area contributed by atoms with Crippen LogP contribution in [-0.4, -0.2) is 29.2 Å². The fourth-order valence-corrected chi connectivity index (χ4v) is 4.03. The summed E-state index contributed by atoms with van der Waals surface area (Å²) in [6.45, 7) is 9.70. The third-order valence-corrected chi connectivity index (χ3v) is 6.66. The topological polar surface area (TPSA) is 48.7 Å². The molecule has 1 aromatic heterocycles. The van der Waals surface area contributed by atoms with Gasteiger partial charge in [0.2, 0.25) is 0 Å². The summed E-state index contributed by atoms with van der Waals surface area (Å²) < 4.78 is 18.7. The van der Waals surface area contributed by atoms with Crippen LogP contribution in [0.3, 0.4) is 0 Å². The molecule has 1 aliphatic rings. The van der Waals surface area contributed by atoms with Crippen molar-refractivity contribution >= 4 is 52.0 Å². The number of carbonyl (C=O) groups is 1. The number of benzene rings is 2. The van der Waals surface area contributed by atoms with Gasteiger partial charge in [-0.25, -0.2) is 0 Å². The number of rotatable bonds is 4. The number of hydrogen-bond acceptors (Lipinski definition) is 5. The summed E-state index contributed by atoms with van der Waals surface area (Å²) in [5.41, 5.74) is 2.67. The minimum atomic E-state index is -0.508. The fourth-order valence-electron chi connectivity index (χ4n) is 3.44. The number of furan rings is 1. The zero-order valence-corrected chi connectivity index (χ0v) is 18.3. The number of hydrogen-bond donors (Lipinski definition) is 0. The molecule has 0 bridgehead atoms. The Labute approximate surface area is 175 Å². The van der Waals surface area contributed by atoms with Gasteiger partial charge in [-0.15, -0.1) is 0 Å². The monoisotopic (exact) mass is 408 g/mol. The van der Waals surface area contributed by atoms with E-state index in [-0.39, 0.29) is 5.12 Å². The molecule has 3 aromatic rings. The van der Waals surface area contributed by atoms with Gasteiger partial charge in [-0.2, -0.15) is 0 Å². The molecule has 4 rings (SSSR count). The molecule has 6 heteroatoms. The molecule has 150 valence electrons. The third kappa shape index (κ3) is 3.77. The predicted octanol–water partition coefficient (Wildman–Crippen LogP) is 5.88. The Balaban J connectivity index is 1.80. The normalized spacial score (nSPS) is 18.7. The smallest absolute Gasteiger partial charge is 0.455 e. The van der Waals surface area contributed by atoms with E-state index in [0.29, 0.717) is 5.75 Å². The van der Waals surface area contributed by atoms with Gasteiger partial charge in [-0.3, -0.25) is 4.79 Å². The molecule has 0 amide bonds. The van der Waals surface area contributed by atoms with E-state index in [1.807, 2.05) is 64.1 Å². The van der Waals surface area contributed by atoms with Crippen LogP contribution in [-0.2, 0) is 14.1 Å². The Morgan fingerprint density at radius 1 is 1.00 bits per heavy atom. The van der Waals surface area contributed by atoms with Crippen LogP contribution in [0.2, 0.25) is 0 Å². The lowest BCUT2D eigenvalue weighted by atomic mass is 9.78. The summed E-state index contributed by atoms with van der Waals surface area (Å²) in [4.78, 5) is 11.6. The lowest BCUT2D eigenvalue weighted by molar-refractivity contribution is -0.109. The van der Waals surface area contributed by atoms with Crippen molar-refractivity contribution < 1.29 is 18.5 Å². The number of para-hydroxylation sites is 2. The van der Waals surface area contributed by atoms with Crippen LogP contribution in [0.4, 0.5) is 0 Å². The van der Waals surface area contributed by atoms with Crippen molar-refractivity contribution in [2.45, 2.75) is 45.8 Å². The number of carbonyl (C=O) groups excluding carboxylic acids is 1. The van der Waals surface area contributed by atoms with Crippen LogP contribution >= 0.6 is 11.8 Å². The first kappa shape index (κ1) is 20.3. The quantitative estimate of drug-likeness (QED) is 0.505. The van der Waals surface area contributed by atoms with Crippen molar-refractivity contribution in [1.29, 1.82) is 0 Å². The van der Waals surface area contributed by atoms with Gasteiger partial charge in [0.15, 0.2) is 5.12 Å². The Kier molecular flexibility index (Phi) is 5.13. The molecule has 4 nitrogen and oxygen atoms in total. The lowest BCUT2D eigenvalue weighted by Gasteiger charge is -2.32. The van der Waals surface area contributed by atoms with E-state index >= 15 is 0 Å². The highest BCUT2D eigenvalue weighted by Crippen LogP contribution is 2.40. The molecule has 1 fully saturated rings. The maximum Gasteiger partial charge on any atom is 0.491 e. The number of thioether (sulfide) groups is 1. The Hall–Kier alpha value is -2.02. The summed E-state index contributed by atoms with van der Waals surface area (Å²) in [6, 6.07) is 14.1. The van der Waals surface area contributed by atoms with Crippen LogP contribution in [0.15, 0.2) is 52.4 Å². The highest BCUT2D eigenvalue weighted by Gasteiger charge is 2.52. The molecule has 1 saturated heterocycles. The van der Waals surface area contributed by atoms with E-state index in [0.717, 1.165) is 33.0 Å². The largest absolute Gasteiger partial charge is 0.491 e. The minimum Gasteiger partial charge on any atom is -0.455 e. The van der Waals surface area contributed by atoms with Gasteiger partial charge in [0.25, 0.3) is 0 Å². The van der Waals surface area contributed by atoms with Crippen molar-refractivity contribution in [3.8, 4) is 0 Å². The summed E-state index contributed by atoms with van der Waals surface area (Å²) in [7, 11) is -0.508. The molecule has 0 unspecified atom stereocenters. The van der Waals surface area contributed by atoms with Gasteiger partial charge in [-0.1, -0.05) is 54.2 Å². The maximum atomic E-state index is 11.6. The standard InChI is InChI=1S/C23H25BO4S/c1-15(25)29-14-17(24-27-22(2,3)23(4,5)28-24)13-16-9-8-11-19-18-10-6-7-12-20(18)26-21(16)19/h6-13H,14H2,1-5H3. The van der Waals surface area contributed by atoms with Crippen molar-refractivity contribution in [3.63, 3.8) is 0 Å². The van der Waals surface area contributed by atoms with Crippen LogP contribution in [0.5, 0.6) is 0 Å². The lowest BCUT2D eigenvalue weighted by Crippen LogP contribution is -2.41. The average Bonchev–Trinajstić information content (AvgIpc) is 3.13. The molecule has 0 spiro atoms. The Morgan fingerprint density at radius 2 is 1.66 bits per heavy atom. The van der Waals surface area contributed by atoms with Crippen molar-refractivity contribution in [3.05, 3.63) is 53.5 Å². The van der Waals surface area contributed by atoms with Crippen LogP contribution in [0, 0.1) is 0 Å². The highest BCUT2D eigenvalue weighted by molar-refractivity contribution is 8.13. The minimum absolute atomic E-state index is 0.0642. The van der Waals surface area contributed by atoms with E-state index < -0.39 is 18.3 Å². The molecule has 0 radical (unpaired) electrons. The summed E-state index contributed by atoms with van der Waals surface area (Å²) >= 11 is 1.26. The first-order chi connectivity index (χ1) is 13.7. The van der Waals surface area contributed by atoms with E-state index in [4.69, 9.17) is 13.7 Å². The van der Waals surface area contributed by atoms with Gasteiger partial charge >= 0.3 is 7.12 Å². The Bertz CT molecular complexity index is 1100. The first-order valence-electron chi connectivity index (χ1n) is 9.78. The zero-order valence-electron chi connectivity index (χ0n) is 17.4. The predicted molar refractivity (Wildman–Crippen MR) is 121 cm³/mol. The zero-order chi connectivity index (χ0) is 20.8. The maximum absolute atomic E-state index is 11.6. The third-order valence-electron chi connectivity index (χ3n) is 5.77. The van der Waals surface area contributed by atoms with Gasteiger partial charge in [0, 0.05) is 29.0 Å². The molecule has 1 aliphatic heterocycles. The molecule has 29 heavy (non-hydrogen) atoms. The van der Waals surface area contributed by atoms with Crippen molar-refractivity contribution in [2.24, 2.45) is 0 Å². The molecule has 0 saturated carbocycles. The van der Waals surface area contributed by atoms with E-state index in [1.165, 1.54) is 11.8 Å². The molecule has 2 heterocycles. The second-order valence-corrected chi connectivity index (χ2v) is 9.56. The van der Waals surface area contributed by atoms with Gasteiger partial charge in [0.05, 0.1) is 11.2 Å². The molecule has 2 aromatic carbocycles.